The van der Waals surface area contributed by atoms with Crippen LogP contribution < -0.4 is 10.1 Å². The third-order valence-electron chi connectivity index (χ3n) is 5.73. The van der Waals surface area contributed by atoms with Crippen molar-refractivity contribution >= 4 is 12.1 Å². The van der Waals surface area contributed by atoms with Crippen molar-refractivity contribution in [3.63, 3.8) is 0 Å². The molecule has 0 unspecified atom stereocenters. The molecule has 0 heterocycles. The Balaban J connectivity index is 1.34. The maximum atomic E-state index is 13.2. The number of hydrogen-bond donors (Lipinski definition) is 2. The largest absolute Gasteiger partial charge is 0.493 e. The summed E-state index contributed by atoms with van der Waals surface area (Å²) >= 11 is 0. The van der Waals surface area contributed by atoms with Crippen LogP contribution in [0.25, 0.3) is 11.1 Å². The van der Waals surface area contributed by atoms with Crippen LogP contribution >= 0.6 is 0 Å². The van der Waals surface area contributed by atoms with Gasteiger partial charge in [0.25, 0.3) is 0 Å². The summed E-state index contributed by atoms with van der Waals surface area (Å²) in [7, 11) is 0. The van der Waals surface area contributed by atoms with E-state index < -0.39 is 18.1 Å². The molecule has 0 saturated carbocycles. The van der Waals surface area contributed by atoms with E-state index in [-0.39, 0.29) is 31.4 Å². The molecule has 1 atom stereocenters. The molecule has 33 heavy (non-hydrogen) atoms. The monoisotopic (exact) mass is 449 g/mol. The number of halogens is 1. The van der Waals surface area contributed by atoms with Gasteiger partial charge < -0.3 is 19.9 Å². The first-order valence-corrected chi connectivity index (χ1v) is 10.7. The van der Waals surface area contributed by atoms with E-state index in [0.29, 0.717) is 11.3 Å². The Morgan fingerprint density at radius 2 is 1.67 bits per heavy atom. The second-order valence-corrected chi connectivity index (χ2v) is 7.91. The van der Waals surface area contributed by atoms with Crippen molar-refractivity contribution in [2.24, 2.45) is 0 Å². The SMILES string of the molecule is Cc1cc(F)ccc1OCC[C@H](NC(=O)OCC1c2ccccc2-c2ccccc21)C(=O)O. The maximum Gasteiger partial charge on any atom is 0.407 e. The van der Waals surface area contributed by atoms with Gasteiger partial charge in [-0.3, -0.25) is 0 Å². The van der Waals surface area contributed by atoms with Crippen LogP contribution in [0.3, 0.4) is 0 Å². The lowest BCUT2D eigenvalue weighted by Crippen LogP contribution is -2.42. The Morgan fingerprint density at radius 3 is 2.27 bits per heavy atom. The van der Waals surface area contributed by atoms with Crippen LogP contribution in [0.2, 0.25) is 0 Å². The number of aliphatic carboxylic acids is 1. The van der Waals surface area contributed by atoms with Gasteiger partial charge in [-0.25, -0.2) is 14.0 Å². The average molecular weight is 449 g/mol. The highest BCUT2D eigenvalue weighted by Crippen LogP contribution is 2.44. The van der Waals surface area contributed by atoms with E-state index in [0.717, 1.165) is 22.3 Å². The molecule has 1 amide bonds. The van der Waals surface area contributed by atoms with E-state index in [2.05, 4.69) is 5.32 Å². The average Bonchev–Trinajstić information content (AvgIpc) is 3.12. The molecule has 0 saturated heterocycles. The minimum absolute atomic E-state index is 0.0242. The van der Waals surface area contributed by atoms with Crippen molar-refractivity contribution in [3.8, 4) is 16.9 Å². The van der Waals surface area contributed by atoms with Gasteiger partial charge in [-0.15, -0.1) is 0 Å². The first-order chi connectivity index (χ1) is 15.9. The number of ether oxygens (including phenoxy) is 2. The van der Waals surface area contributed by atoms with Gasteiger partial charge in [0.05, 0.1) is 6.61 Å². The lowest BCUT2D eigenvalue weighted by atomic mass is 9.98. The number of carboxylic acids is 1. The standard InChI is InChI=1S/C26H24FNO5/c1-16-14-17(27)10-11-24(16)32-13-12-23(25(29)30)28-26(31)33-15-22-20-8-4-2-6-18(20)19-7-3-5-9-21(19)22/h2-11,14,22-23H,12-13,15H2,1H3,(H,28,31)(H,29,30)/t23-/m0/s1. The van der Waals surface area contributed by atoms with Crippen LogP contribution in [-0.2, 0) is 9.53 Å². The summed E-state index contributed by atoms with van der Waals surface area (Å²) in [6.45, 7) is 1.83. The smallest absolute Gasteiger partial charge is 0.407 e. The summed E-state index contributed by atoms with van der Waals surface area (Å²) < 4.78 is 24.2. The molecule has 2 N–H and O–H groups in total. The van der Waals surface area contributed by atoms with Gasteiger partial charge >= 0.3 is 12.1 Å². The molecule has 0 spiro atoms. The molecule has 170 valence electrons. The second kappa shape index (κ2) is 9.73. The van der Waals surface area contributed by atoms with Crippen molar-refractivity contribution in [1.29, 1.82) is 0 Å². The molecular weight excluding hydrogens is 425 g/mol. The quantitative estimate of drug-likeness (QED) is 0.511. The zero-order chi connectivity index (χ0) is 23.4. The first-order valence-electron chi connectivity index (χ1n) is 10.7. The van der Waals surface area contributed by atoms with Gasteiger partial charge in [0.1, 0.15) is 24.2 Å². The second-order valence-electron chi connectivity index (χ2n) is 7.91. The first kappa shape index (κ1) is 22.3. The number of carboxylic acid groups (broad SMARTS) is 1. The number of fused-ring (bicyclic) bond motifs is 3. The topological polar surface area (TPSA) is 84.9 Å². The van der Waals surface area contributed by atoms with Crippen molar-refractivity contribution in [3.05, 3.63) is 89.2 Å². The Labute approximate surface area is 191 Å². The van der Waals surface area contributed by atoms with Crippen LogP contribution in [0.1, 0.15) is 29.0 Å². The normalized spacial score (nSPS) is 13.0. The zero-order valence-corrected chi connectivity index (χ0v) is 18.1. The number of aryl methyl sites for hydroxylation is 1. The predicted molar refractivity (Wildman–Crippen MR) is 121 cm³/mol. The van der Waals surface area contributed by atoms with Crippen molar-refractivity contribution in [1.82, 2.24) is 5.32 Å². The third kappa shape index (κ3) is 4.98. The zero-order valence-electron chi connectivity index (χ0n) is 18.1. The molecule has 0 bridgehead atoms. The van der Waals surface area contributed by atoms with E-state index in [1.54, 1.807) is 6.92 Å². The summed E-state index contributed by atoms with van der Waals surface area (Å²) in [6, 6.07) is 18.8. The highest BCUT2D eigenvalue weighted by atomic mass is 19.1. The van der Waals surface area contributed by atoms with Crippen LogP contribution in [-0.4, -0.2) is 36.4 Å². The van der Waals surface area contributed by atoms with Gasteiger partial charge in [-0.2, -0.15) is 0 Å². The van der Waals surface area contributed by atoms with Crippen molar-refractivity contribution in [2.75, 3.05) is 13.2 Å². The summed E-state index contributed by atoms with van der Waals surface area (Å²) in [5, 5.41) is 11.9. The number of rotatable bonds is 8. The molecule has 0 radical (unpaired) electrons. The van der Waals surface area contributed by atoms with E-state index in [4.69, 9.17) is 9.47 Å². The lowest BCUT2D eigenvalue weighted by molar-refractivity contribution is -0.139. The molecule has 1 aliphatic rings. The Bertz CT molecular complexity index is 1130. The van der Waals surface area contributed by atoms with E-state index >= 15 is 0 Å². The molecule has 3 aromatic rings. The van der Waals surface area contributed by atoms with Gasteiger partial charge in [0.2, 0.25) is 0 Å². The highest BCUT2D eigenvalue weighted by Gasteiger charge is 2.29. The third-order valence-corrected chi connectivity index (χ3v) is 5.73. The molecular formula is C26H24FNO5. The van der Waals surface area contributed by atoms with Gasteiger partial charge in [0, 0.05) is 12.3 Å². The van der Waals surface area contributed by atoms with Gasteiger partial charge in [0.15, 0.2) is 0 Å². The fraction of sp³-hybridized carbons (Fsp3) is 0.231. The Hall–Kier alpha value is -3.87. The number of alkyl carbamates (subject to hydrolysis) is 1. The molecule has 0 aliphatic heterocycles. The van der Waals surface area contributed by atoms with Crippen LogP contribution in [0.4, 0.5) is 9.18 Å². The Morgan fingerprint density at radius 1 is 1.03 bits per heavy atom. The summed E-state index contributed by atoms with van der Waals surface area (Å²) in [6.07, 6.45) is -0.779. The van der Waals surface area contributed by atoms with Gasteiger partial charge in [-0.05, 0) is 52.9 Å². The molecule has 1 aliphatic carbocycles. The van der Waals surface area contributed by atoms with E-state index in [1.165, 1.54) is 18.2 Å². The van der Waals surface area contributed by atoms with Crippen LogP contribution in [0.5, 0.6) is 5.75 Å². The number of amides is 1. The number of carbonyl (C=O) groups is 2. The fourth-order valence-corrected chi connectivity index (χ4v) is 4.10. The summed E-state index contributed by atoms with van der Waals surface area (Å²) in [5.74, 6) is -1.22. The summed E-state index contributed by atoms with van der Waals surface area (Å²) in [4.78, 5) is 24.0. The number of nitrogens with one attached hydrogen (secondary N) is 1. The van der Waals surface area contributed by atoms with Crippen LogP contribution in [0, 0.1) is 12.7 Å². The van der Waals surface area contributed by atoms with Gasteiger partial charge in [-0.1, -0.05) is 48.5 Å². The molecule has 3 aromatic carbocycles. The van der Waals surface area contributed by atoms with Crippen LogP contribution in [0.15, 0.2) is 66.7 Å². The molecule has 0 fully saturated rings. The maximum absolute atomic E-state index is 13.2. The molecule has 0 aromatic heterocycles. The fourth-order valence-electron chi connectivity index (χ4n) is 4.10. The van der Waals surface area contributed by atoms with Crippen molar-refractivity contribution in [2.45, 2.75) is 25.3 Å². The molecule has 7 heteroatoms. The van der Waals surface area contributed by atoms with E-state index in [9.17, 15) is 19.1 Å². The van der Waals surface area contributed by atoms with Crippen molar-refractivity contribution < 1.29 is 28.6 Å². The highest BCUT2D eigenvalue weighted by molar-refractivity contribution is 5.81. The lowest BCUT2D eigenvalue weighted by Gasteiger charge is -2.18. The summed E-state index contributed by atoms with van der Waals surface area (Å²) in [5.41, 5.74) is 4.97. The minimum atomic E-state index is -1.19. The van der Waals surface area contributed by atoms with E-state index in [1.807, 2.05) is 48.5 Å². The number of carbonyl (C=O) groups excluding carboxylic acids is 1. The number of benzene rings is 3. The Kier molecular flexibility index (Phi) is 6.58. The minimum Gasteiger partial charge on any atom is -0.493 e. The number of hydrogen-bond acceptors (Lipinski definition) is 4. The predicted octanol–water partition coefficient (Wildman–Crippen LogP) is 4.89. The molecule has 4 rings (SSSR count). The molecule has 6 nitrogen and oxygen atoms in total.